The second-order valence-corrected chi connectivity index (χ2v) is 6.21. The van der Waals surface area contributed by atoms with E-state index < -0.39 is 0 Å². The number of rotatable bonds is 4. The van der Waals surface area contributed by atoms with Crippen molar-refractivity contribution in [2.75, 3.05) is 0 Å². The summed E-state index contributed by atoms with van der Waals surface area (Å²) in [6, 6.07) is 19.3. The summed E-state index contributed by atoms with van der Waals surface area (Å²) in [7, 11) is 0. The normalized spacial score (nSPS) is 21.4. The standard InChI is InChI=1S/C20H22O/c1-15(21)18-12-11-16(13-18)14-19-9-5-6-10-20(19)17-7-3-2-4-8-17/h2-10,16,18H,11-14H2,1H3/t16-,18-/m0/s1. The molecule has 108 valence electrons. The van der Waals surface area contributed by atoms with E-state index in [2.05, 4.69) is 54.6 Å². The summed E-state index contributed by atoms with van der Waals surface area (Å²) < 4.78 is 0. The highest BCUT2D eigenvalue weighted by atomic mass is 16.1. The molecule has 0 bridgehead atoms. The molecule has 0 amide bonds. The average Bonchev–Trinajstić information content (AvgIpc) is 2.98. The minimum absolute atomic E-state index is 0.305. The largest absolute Gasteiger partial charge is 0.300 e. The summed E-state index contributed by atoms with van der Waals surface area (Å²) in [5.41, 5.74) is 4.04. The maximum absolute atomic E-state index is 11.5. The van der Waals surface area contributed by atoms with Crippen LogP contribution in [0.5, 0.6) is 0 Å². The van der Waals surface area contributed by atoms with Crippen molar-refractivity contribution in [2.24, 2.45) is 11.8 Å². The van der Waals surface area contributed by atoms with Gasteiger partial charge in [-0.25, -0.2) is 0 Å². The van der Waals surface area contributed by atoms with Crippen LogP contribution in [0, 0.1) is 11.8 Å². The highest BCUT2D eigenvalue weighted by molar-refractivity contribution is 5.78. The summed E-state index contributed by atoms with van der Waals surface area (Å²) in [6.07, 6.45) is 4.42. The quantitative estimate of drug-likeness (QED) is 0.777. The maximum Gasteiger partial charge on any atom is 0.132 e. The molecule has 0 saturated heterocycles. The third-order valence-corrected chi connectivity index (χ3v) is 4.73. The first-order valence-electron chi connectivity index (χ1n) is 7.88. The number of ketones is 1. The smallest absolute Gasteiger partial charge is 0.132 e. The molecule has 0 aliphatic heterocycles. The first-order chi connectivity index (χ1) is 10.2. The molecule has 21 heavy (non-hydrogen) atoms. The fourth-order valence-electron chi connectivity index (χ4n) is 3.54. The topological polar surface area (TPSA) is 17.1 Å². The van der Waals surface area contributed by atoms with E-state index in [1.807, 2.05) is 0 Å². The Labute approximate surface area is 127 Å². The van der Waals surface area contributed by atoms with Crippen LogP contribution in [-0.2, 0) is 11.2 Å². The van der Waals surface area contributed by atoms with Crippen molar-refractivity contribution < 1.29 is 4.79 Å². The lowest BCUT2D eigenvalue weighted by atomic mass is 9.90. The Balaban J connectivity index is 1.79. The summed E-state index contributed by atoms with van der Waals surface area (Å²) in [5, 5.41) is 0. The third kappa shape index (κ3) is 3.24. The second-order valence-electron chi connectivity index (χ2n) is 6.21. The van der Waals surface area contributed by atoms with Crippen LogP contribution in [-0.4, -0.2) is 5.78 Å². The Morgan fingerprint density at radius 1 is 1.00 bits per heavy atom. The van der Waals surface area contributed by atoms with Gasteiger partial charge in [0.25, 0.3) is 0 Å². The van der Waals surface area contributed by atoms with Crippen molar-refractivity contribution in [3.63, 3.8) is 0 Å². The zero-order valence-corrected chi connectivity index (χ0v) is 12.6. The molecule has 2 aromatic rings. The lowest BCUT2D eigenvalue weighted by molar-refractivity contribution is -0.120. The monoisotopic (exact) mass is 278 g/mol. The van der Waals surface area contributed by atoms with Crippen molar-refractivity contribution in [3.05, 3.63) is 60.2 Å². The van der Waals surface area contributed by atoms with E-state index in [0.29, 0.717) is 17.6 Å². The van der Waals surface area contributed by atoms with E-state index in [9.17, 15) is 4.79 Å². The lowest BCUT2D eigenvalue weighted by Crippen LogP contribution is -2.07. The van der Waals surface area contributed by atoms with Gasteiger partial charge in [-0.2, -0.15) is 0 Å². The molecule has 1 nitrogen and oxygen atoms in total. The molecule has 3 rings (SSSR count). The molecule has 2 aromatic carbocycles. The van der Waals surface area contributed by atoms with Crippen molar-refractivity contribution >= 4 is 5.78 Å². The Hall–Kier alpha value is -1.89. The maximum atomic E-state index is 11.5. The first-order valence-corrected chi connectivity index (χ1v) is 7.88. The zero-order chi connectivity index (χ0) is 14.7. The molecule has 0 N–H and O–H groups in total. The average molecular weight is 278 g/mol. The van der Waals surface area contributed by atoms with Crippen LogP contribution in [0.15, 0.2) is 54.6 Å². The van der Waals surface area contributed by atoms with E-state index in [4.69, 9.17) is 0 Å². The molecule has 0 aromatic heterocycles. The summed E-state index contributed by atoms with van der Waals surface area (Å²) >= 11 is 0. The molecule has 0 heterocycles. The molecule has 0 spiro atoms. The molecule has 0 radical (unpaired) electrons. The fraction of sp³-hybridized carbons (Fsp3) is 0.350. The summed E-state index contributed by atoms with van der Waals surface area (Å²) in [6.45, 7) is 1.74. The van der Waals surface area contributed by atoms with Crippen LogP contribution in [0.1, 0.15) is 31.7 Å². The minimum Gasteiger partial charge on any atom is -0.300 e. The minimum atomic E-state index is 0.305. The molecular formula is C20H22O. The van der Waals surface area contributed by atoms with Gasteiger partial charge in [-0.1, -0.05) is 54.6 Å². The molecule has 0 unspecified atom stereocenters. The molecule has 1 fully saturated rings. The number of hydrogen-bond acceptors (Lipinski definition) is 1. The van der Waals surface area contributed by atoms with Crippen LogP contribution in [0.2, 0.25) is 0 Å². The van der Waals surface area contributed by atoms with Gasteiger partial charge in [0, 0.05) is 5.92 Å². The second kappa shape index (κ2) is 6.26. The van der Waals surface area contributed by atoms with Gasteiger partial charge in [0.15, 0.2) is 0 Å². The van der Waals surface area contributed by atoms with E-state index >= 15 is 0 Å². The van der Waals surface area contributed by atoms with Crippen molar-refractivity contribution in [3.8, 4) is 11.1 Å². The third-order valence-electron chi connectivity index (χ3n) is 4.73. The van der Waals surface area contributed by atoms with Gasteiger partial charge >= 0.3 is 0 Å². The molecule has 2 atom stereocenters. The molecule has 1 aliphatic carbocycles. The van der Waals surface area contributed by atoms with Crippen LogP contribution in [0.4, 0.5) is 0 Å². The van der Waals surface area contributed by atoms with Gasteiger partial charge in [-0.05, 0) is 55.2 Å². The Bertz CT molecular complexity index is 615. The lowest BCUT2D eigenvalue weighted by Gasteiger charge is -2.14. The molecular weight excluding hydrogens is 256 g/mol. The van der Waals surface area contributed by atoms with Gasteiger partial charge in [0.1, 0.15) is 5.78 Å². The van der Waals surface area contributed by atoms with E-state index in [-0.39, 0.29) is 0 Å². The Morgan fingerprint density at radius 2 is 1.71 bits per heavy atom. The predicted molar refractivity (Wildman–Crippen MR) is 87.1 cm³/mol. The van der Waals surface area contributed by atoms with Gasteiger partial charge in [0.2, 0.25) is 0 Å². The molecule has 1 aliphatic rings. The number of Topliss-reactive ketones (excluding diaryl/α,β-unsaturated/α-hetero) is 1. The SMILES string of the molecule is CC(=O)[C@H]1CC[C@H](Cc2ccccc2-c2ccccc2)C1. The molecule has 1 saturated carbocycles. The van der Waals surface area contributed by atoms with E-state index in [1.54, 1.807) is 6.92 Å². The predicted octanol–water partition coefficient (Wildman–Crippen LogP) is 4.90. The van der Waals surface area contributed by atoms with Crippen molar-refractivity contribution in [1.82, 2.24) is 0 Å². The number of benzene rings is 2. The Morgan fingerprint density at radius 3 is 2.43 bits per heavy atom. The first kappa shape index (κ1) is 14.1. The summed E-state index contributed by atoms with van der Waals surface area (Å²) in [5.74, 6) is 1.33. The summed E-state index contributed by atoms with van der Waals surface area (Å²) in [4.78, 5) is 11.5. The van der Waals surface area contributed by atoms with Gasteiger partial charge in [0.05, 0.1) is 0 Å². The van der Waals surface area contributed by atoms with Crippen LogP contribution >= 0.6 is 0 Å². The molecule has 1 heteroatoms. The fourth-order valence-corrected chi connectivity index (χ4v) is 3.54. The number of carbonyl (C=O) groups excluding carboxylic acids is 1. The van der Waals surface area contributed by atoms with Crippen molar-refractivity contribution in [1.29, 1.82) is 0 Å². The van der Waals surface area contributed by atoms with Crippen LogP contribution in [0.25, 0.3) is 11.1 Å². The zero-order valence-electron chi connectivity index (χ0n) is 12.6. The Kier molecular flexibility index (Phi) is 4.19. The number of hydrogen-bond donors (Lipinski definition) is 0. The van der Waals surface area contributed by atoms with Crippen LogP contribution < -0.4 is 0 Å². The van der Waals surface area contributed by atoms with E-state index in [1.165, 1.54) is 23.1 Å². The van der Waals surface area contributed by atoms with Crippen molar-refractivity contribution in [2.45, 2.75) is 32.6 Å². The highest BCUT2D eigenvalue weighted by Gasteiger charge is 2.28. The van der Waals surface area contributed by atoms with Gasteiger partial charge in [-0.15, -0.1) is 0 Å². The highest BCUT2D eigenvalue weighted by Crippen LogP contribution is 2.35. The van der Waals surface area contributed by atoms with Crippen LogP contribution in [0.3, 0.4) is 0 Å². The van der Waals surface area contributed by atoms with Gasteiger partial charge < -0.3 is 0 Å². The number of carbonyl (C=O) groups is 1. The van der Waals surface area contributed by atoms with Gasteiger partial charge in [-0.3, -0.25) is 4.79 Å². The van der Waals surface area contributed by atoms with E-state index in [0.717, 1.165) is 19.3 Å².